The third-order valence-electron chi connectivity index (χ3n) is 5.02. The molecule has 0 aromatic heterocycles. The summed E-state index contributed by atoms with van der Waals surface area (Å²) in [5.74, 6) is 1.77. The van der Waals surface area contributed by atoms with Crippen LogP contribution in [-0.2, 0) is 10.0 Å². The quantitative estimate of drug-likeness (QED) is 0.719. The summed E-state index contributed by atoms with van der Waals surface area (Å²) < 4.78 is 39.7. The fraction of sp³-hybridized carbons (Fsp3) is 0.455. The normalized spacial score (nSPS) is 12.9. The molecule has 0 amide bonds. The monoisotopic (exact) mass is 405 g/mol. The summed E-state index contributed by atoms with van der Waals surface area (Å²) in [5, 5.41) is 0. The molecule has 1 atom stereocenters. The summed E-state index contributed by atoms with van der Waals surface area (Å²) in [6, 6.07) is 7.04. The Morgan fingerprint density at radius 3 is 1.89 bits per heavy atom. The van der Waals surface area contributed by atoms with Crippen LogP contribution in [0.2, 0.25) is 0 Å². The van der Waals surface area contributed by atoms with Crippen LogP contribution in [0.3, 0.4) is 0 Å². The zero-order chi connectivity index (χ0) is 21.2. The van der Waals surface area contributed by atoms with Crippen molar-refractivity contribution in [1.29, 1.82) is 0 Å². The molecule has 154 valence electrons. The lowest BCUT2D eigenvalue weighted by Crippen LogP contribution is -2.28. The minimum atomic E-state index is -3.69. The zero-order valence-corrected chi connectivity index (χ0v) is 18.8. The standard InChI is InChI=1S/C22H31NO4S/c1-13(2)18-12-19(14(3)9-21(18)27-8)17(6)23-28(24,25)22-11-15(4)20(26-7)10-16(22)5/h9-13,17,23H,1-8H3. The number of nitrogens with one attached hydrogen (secondary N) is 1. The van der Waals surface area contributed by atoms with E-state index in [0.717, 1.165) is 28.0 Å². The van der Waals surface area contributed by atoms with Crippen molar-refractivity contribution < 1.29 is 17.9 Å². The highest BCUT2D eigenvalue weighted by Gasteiger charge is 2.23. The van der Waals surface area contributed by atoms with Gasteiger partial charge in [-0.15, -0.1) is 0 Å². The lowest BCUT2D eigenvalue weighted by molar-refractivity contribution is 0.406. The molecule has 6 heteroatoms. The second-order valence-electron chi connectivity index (χ2n) is 7.54. The van der Waals surface area contributed by atoms with Crippen LogP contribution in [0.1, 0.15) is 60.5 Å². The van der Waals surface area contributed by atoms with Crippen LogP contribution >= 0.6 is 0 Å². The zero-order valence-electron chi connectivity index (χ0n) is 18.0. The maximum atomic E-state index is 13.1. The second-order valence-corrected chi connectivity index (χ2v) is 9.22. The van der Waals surface area contributed by atoms with Gasteiger partial charge in [-0.05, 0) is 85.7 Å². The van der Waals surface area contributed by atoms with Gasteiger partial charge in [-0.25, -0.2) is 13.1 Å². The summed E-state index contributed by atoms with van der Waals surface area (Å²) >= 11 is 0. The number of hydrogen-bond donors (Lipinski definition) is 1. The van der Waals surface area contributed by atoms with Gasteiger partial charge >= 0.3 is 0 Å². The molecular formula is C22H31NO4S. The van der Waals surface area contributed by atoms with Gasteiger partial charge in [0.2, 0.25) is 10.0 Å². The van der Waals surface area contributed by atoms with Crippen LogP contribution in [-0.4, -0.2) is 22.6 Å². The largest absolute Gasteiger partial charge is 0.496 e. The van der Waals surface area contributed by atoms with E-state index < -0.39 is 10.0 Å². The van der Waals surface area contributed by atoms with Crippen molar-refractivity contribution in [3.63, 3.8) is 0 Å². The van der Waals surface area contributed by atoms with E-state index in [9.17, 15) is 8.42 Å². The van der Waals surface area contributed by atoms with Crippen molar-refractivity contribution in [2.75, 3.05) is 14.2 Å². The van der Waals surface area contributed by atoms with Crippen LogP contribution in [0, 0.1) is 20.8 Å². The Morgan fingerprint density at radius 2 is 1.36 bits per heavy atom. The molecule has 2 rings (SSSR count). The van der Waals surface area contributed by atoms with Crippen molar-refractivity contribution >= 4 is 10.0 Å². The topological polar surface area (TPSA) is 64.6 Å². The molecule has 2 aromatic carbocycles. The van der Waals surface area contributed by atoms with Crippen LogP contribution in [0.5, 0.6) is 11.5 Å². The summed E-state index contributed by atoms with van der Waals surface area (Å²) in [6.45, 7) is 11.6. The SMILES string of the molecule is COc1cc(C)c(S(=O)(=O)NC(C)c2cc(C(C)C)c(OC)cc2C)cc1C. The third kappa shape index (κ3) is 4.50. The van der Waals surface area contributed by atoms with Gasteiger partial charge in [0.05, 0.1) is 19.1 Å². The summed E-state index contributed by atoms with van der Waals surface area (Å²) in [5.41, 5.74) is 4.42. The van der Waals surface area contributed by atoms with Gasteiger partial charge in [0.15, 0.2) is 0 Å². The third-order valence-corrected chi connectivity index (χ3v) is 6.70. The Bertz CT molecular complexity index is 965. The highest BCUT2D eigenvalue weighted by atomic mass is 32.2. The van der Waals surface area contributed by atoms with Gasteiger partial charge in [0.1, 0.15) is 11.5 Å². The van der Waals surface area contributed by atoms with Crippen molar-refractivity contribution in [3.05, 3.63) is 52.1 Å². The van der Waals surface area contributed by atoms with Crippen LogP contribution < -0.4 is 14.2 Å². The maximum Gasteiger partial charge on any atom is 0.241 e. The maximum absolute atomic E-state index is 13.1. The molecule has 0 aliphatic carbocycles. The van der Waals surface area contributed by atoms with Crippen LogP contribution in [0.25, 0.3) is 0 Å². The molecule has 0 radical (unpaired) electrons. The van der Waals surface area contributed by atoms with Gasteiger partial charge in [0, 0.05) is 6.04 Å². The van der Waals surface area contributed by atoms with Gasteiger partial charge in [0.25, 0.3) is 0 Å². The summed E-state index contributed by atoms with van der Waals surface area (Å²) in [7, 11) is -0.456. The molecule has 1 N–H and O–H groups in total. The molecular weight excluding hydrogens is 374 g/mol. The first-order valence-corrected chi connectivity index (χ1v) is 10.9. The lowest BCUT2D eigenvalue weighted by Gasteiger charge is -2.21. The molecule has 5 nitrogen and oxygen atoms in total. The Morgan fingerprint density at radius 1 is 0.786 bits per heavy atom. The van der Waals surface area contributed by atoms with Crippen LogP contribution in [0.15, 0.2) is 29.2 Å². The Hall–Kier alpha value is -2.05. The van der Waals surface area contributed by atoms with E-state index in [4.69, 9.17) is 9.47 Å². The first-order valence-electron chi connectivity index (χ1n) is 9.37. The molecule has 0 aliphatic rings. The summed E-state index contributed by atoms with van der Waals surface area (Å²) in [6.07, 6.45) is 0. The van der Waals surface area contributed by atoms with Crippen LogP contribution in [0.4, 0.5) is 0 Å². The van der Waals surface area contributed by atoms with E-state index in [1.807, 2.05) is 32.9 Å². The Kier molecular flexibility index (Phi) is 6.78. The predicted octanol–water partition coefficient (Wildman–Crippen LogP) is 4.79. The molecule has 0 aliphatic heterocycles. The first-order chi connectivity index (χ1) is 13.0. The number of methoxy groups -OCH3 is 2. The minimum Gasteiger partial charge on any atom is -0.496 e. The lowest BCUT2D eigenvalue weighted by atomic mass is 9.94. The number of ether oxygens (including phenoxy) is 2. The molecule has 0 spiro atoms. The van der Waals surface area contributed by atoms with Gasteiger partial charge < -0.3 is 9.47 Å². The number of benzene rings is 2. The Balaban J connectivity index is 2.43. The molecule has 2 aromatic rings. The van der Waals surface area contributed by atoms with Gasteiger partial charge in [-0.3, -0.25) is 0 Å². The van der Waals surface area contributed by atoms with E-state index >= 15 is 0 Å². The van der Waals surface area contributed by atoms with E-state index in [0.29, 0.717) is 11.3 Å². The van der Waals surface area contributed by atoms with E-state index in [2.05, 4.69) is 18.6 Å². The van der Waals surface area contributed by atoms with Crippen molar-refractivity contribution in [2.45, 2.75) is 58.4 Å². The molecule has 1 unspecified atom stereocenters. The highest BCUT2D eigenvalue weighted by molar-refractivity contribution is 7.89. The Labute approximate surface area is 169 Å². The number of hydrogen-bond acceptors (Lipinski definition) is 4. The smallest absolute Gasteiger partial charge is 0.241 e. The fourth-order valence-corrected chi connectivity index (χ4v) is 4.98. The summed E-state index contributed by atoms with van der Waals surface area (Å²) in [4.78, 5) is 0.271. The molecule has 0 fully saturated rings. The van der Waals surface area contributed by atoms with Gasteiger partial charge in [-0.1, -0.05) is 13.8 Å². The van der Waals surface area contributed by atoms with Crippen molar-refractivity contribution in [2.24, 2.45) is 0 Å². The number of aryl methyl sites for hydroxylation is 3. The van der Waals surface area contributed by atoms with Crippen molar-refractivity contribution in [1.82, 2.24) is 4.72 Å². The van der Waals surface area contributed by atoms with Crippen molar-refractivity contribution in [3.8, 4) is 11.5 Å². The predicted molar refractivity (Wildman–Crippen MR) is 113 cm³/mol. The van der Waals surface area contributed by atoms with E-state index in [1.54, 1.807) is 33.3 Å². The van der Waals surface area contributed by atoms with Gasteiger partial charge in [-0.2, -0.15) is 0 Å². The first kappa shape index (κ1) is 22.2. The second kappa shape index (κ2) is 8.53. The highest BCUT2D eigenvalue weighted by Crippen LogP contribution is 2.33. The molecule has 0 heterocycles. The molecule has 0 saturated heterocycles. The average Bonchev–Trinajstić information content (AvgIpc) is 2.61. The minimum absolute atomic E-state index is 0.268. The molecule has 28 heavy (non-hydrogen) atoms. The fourth-order valence-electron chi connectivity index (χ4n) is 3.44. The molecule has 0 bridgehead atoms. The molecule has 0 saturated carbocycles. The number of sulfonamides is 1. The number of rotatable bonds is 7. The van der Waals surface area contributed by atoms with E-state index in [-0.39, 0.29) is 16.9 Å². The van der Waals surface area contributed by atoms with E-state index in [1.165, 1.54) is 0 Å². The average molecular weight is 406 g/mol.